The molecule has 4 heteroatoms. The fourth-order valence-electron chi connectivity index (χ4n) is 1.89. The van der Waals surface area contributed by atoms with Crippen LogP contribution in [0, 0.1) is 0 Å². The Morgan fingerprint density at radius 1 is 1.15 bits per heavy atom. The van der Waals surface area contributed by atoms with E-state index >= 15 is 0 Å². The van der Waals surface area contributed by atoms with Gasteiger partial charge >= 0.3 is 0 Å². The van der Waals surface area contributed by atoms with Crippen molar-refractivity contribution in [1.82, 2.24) is 4.98 Å². The Morgan fingerprint density at radius 2 is 1.90 bits per heavy atom. The van der Waals surface area contributed by atoms with Crippen molar-refractivity contribution in [2.24, 2.45) is 0 Å². The van der Waals surface area contributed by atoms with Crippen LogP contribution in [0.15, 0.2) is 41.0 Å². The highest BCUT2D eigenvalue weighted by Crippen LogP contribution is 2.32. The molecule has 1 N–H and O–H groups in total. The van der Waals surface area contributed by atoms with Crippen LogP contribution in [0.1, 0.15) is 44.1 Å². The van der Waals surface area contributed by atoms with E-state index in [2.05, 4.69) is 40.8 Å². The molecule has 2 rings (SSSR count). The lowest BCUT2D eigenvalue weighted by molar-refractivity contribution is 0.194. The van der Waals surface area contributed by atoms with Gasteiger partial charge in [-0.1, -0.05) is 29.8 Å². The van der Waals surface area contributed by atoms with E-state index in [0.717, 1.165) is 15.8 Å². The summed E-state index contributed by atoms with van der Waals surface area (Å²) in [6, 6.07) is 9.56. The second kappa shape index (κ2) is 6.37. The molecule has 0 spiro atoms. The van der Waals surface area contributed by atoms with Gasteiger partial charge in [-0.2, -0.15) is 0 Å². The molecule has 0 radical (unpaired) electrons. The van der Waals surface area contributed by atoms with Crippen LogP contribution in [0.25, 0.3) is 0 Å². The lowest BCUT2D eigenvalue weighted by atomic mass is 10.0. The Balaban J connectivity index is 2.25. The van der Waals surface area contributed by atoms with Crippen LogP contribution in [0.3, 0.4) is 0 Å². The van der Waals surface area contributed by atoms with Crippen molar-refractivity contribution in [1.29, 1.82) is 0 Å². The maximum Gasteiger partial charge on any atom is 0.145 e. The first kappa shape index (κ1) is 15.0. The average molecular weight is 336 g/mol. The van der Waals surface area contributed by atoms with Crippen LogP contribution in [0.2, 0.25) is 0 Å². The number of aliphatic hydroxyl groups is 1. The molecule has 3 nitrogen and oxygen atoms in total. The van der Waals surface area contributed by atoms with Gasteiger partial charge in [-0.15, -0.1) is 0 Å². The molecule has 1 unspecified atom stereocenters. The third-order valence-electron chi connectivity index (χ3n) is 3.01. The molecule has 106 valence electrons. The fourth-order valence-corrected chi connectivity index (χ4v) is 2.27. The third-order valence-corrected chi connectivity index (χ3v) is 3.50. The Morgan fingerprint density at radius 3 is 2.45 bits per heavy atom. The van der Waals surface area contributed by atoms with Crippen LogP contribution in [0.5, 0.6) is 11.5 Å². The van der Waals surface area contributed by atoms with Crippen molar-refractivity contribution in [2.45, 2.75) is 32.8 Å². The smallest absolute Gasteiger partial charge is 0.145 e. The molecule has 2 aromatic rings. The zero-order chi connectivity index (χ0) is 14.7. The van der Waals surface area contributed by atoms with Gasteiger partial charge in [0, 0.05) is 4.47 Å². The van der Waals surface area contributed by atoms with Crippen LogP contribution in [-0.2, 0) is 0 Å². The number of aliphatic hydroxyl groups excluding tert-OH is 1. The molecule has 1 heterocycles. The van der Waals surface area contributed by atoms with Crippen molar-refractivity contribution >= 4 is 15.9 Å². The summed E-state index contributed by atoms with van der Waals surface area (Å²) in [5.41, 5.74) is 1.77. The van der Waals surface area contributed by atoms with Crippen molar-refractivity contribution in [3.05, 3.63) is 52.3 Å². The molecular weight excluding hydrogens is 318 g/mol. The molecule has 0 fully saturated rings. The highest BCUT2D eigenvalue weighted by atomic mass is 79.9. The lowest BCUT2D eigenvalue weighted by Crippen LogP contribution is -1.97. The van der Waals surface area contributed by atoms with E-state index in [1.54, 1.807) is 19.2 Å². The minimum absolute atomic E-state index is 0.368. The van der Waals surface area contributed by atoms with Crippen LogP contribution < -0.4 is 4.74 Å². The Bertz CT molecular complexity index is 580. The summed E-state index contributed by atoms with van der Waals surface area (Å²) >= 11 is 3.48. The zero-order valence-corrected chi connectivity index (χ0v) is 13.4. The summed E-state index contributed by atoms with van der Waals surface area (Å²) in [7, 11) is 0. The number of aromatic nitrogens is 1. The molecule has 0 aliphatic rings. The van der Waals surface area contributed by atoms with Crippen LogP contribution in [-0.4, -0.2) is 10.1 Å². The second-order valence-electron chi connectivity index (χ2n) is 5.03. The summed E-state index contributed by atoms with van der Waals surface area (Å²) in [4.78, 5) is 4.18. The number of hydrogen-bond acceptors (Lipinski definition) is 3. The molecule has 0 aliphatic heterocycles. The minimum atomic E-state index is -0.567. The normalized spacial score (nSPS) is 12.5. The molecular formula is C16H18BrNO2. The first-order valence-electron chi connectivity index (χ1n) is 6.58. The van der Waals surface area contributed by atoms with E-state index in [1.165, 1.54) is 0 Å². The molecule has 0 aliphatic carbocycles. The SMILES string of the molecule is CC(C)c1cc(Br)ccc1Oc1ccc(C(C)O)nc1. The molecule has 0 saturated heterocycles. The van der Waals surface area contributed by atoms with Crippen molar-refractivity contribution in [2.75, 3.05) is 0 Å². The molecule has 20 heavy (non-hydrogen) atoms. The van der Waals surface area contributed by atoms with Gasteiger partial charge in [-0.25, -0.2) is 0 Å². The van der Waals surface area contributed by atoms with Crippen LogP contribution >= 0.6 is 15.9 Å². The number of benzene rings is 1. The van der Waals surface area contributed by atoms with E-state index in [9.17, 15) is 5.11 Å². The highest BCUT2D eigenvalue weighted by Gasteiger charge is 2.10. The number of rotatable bonds is 4. The maximum absolute atomic E-state index is 9.44. The minimum Gasteiger partial charge on any atom is -0.455 e. The van der Waals surface area contributed by atoms with Crippen molar-refractivity contribution in [3.63, 3.8) is 0 Å². The molecule has 1 aromatic carbocycles. The topological polar surface area (TPSA) is 42.4 Å². The molecule has 0 bridgehead atoms. The van der Waals surface area contributed by atoms with Gasteiger partial charge in [-0.05, 0) is 48.7 Å². The number of halogens is 1. The fraction of sp³-hybridized carbons (Fsp3) is 0.312. The van der Waals surface area contributed by atoms with Crippen molar-refractivity contribution in [3.8, 4) is 11.5 Å². The first-order chi connectivity index (χ1) is 9.47. The molecule has 0 amide bonds. The summed E-state index contributed by atoms with van der Waals surface area (Å²) in [5, 5.41) is 9.44. The summed E-state index contributed by atoms with van der Waals surface area (Å²) in [6.45, 7) is 5.95. The summed E-state index contributed by atoms with van der Waals surface area (Å²) in [6.07, 6.45) is 1.07. The van der Waals surface area contributed by atoms with E-state index in [4.69, 9.17) is 4.74 Å². The van der Waals surface area contributed by atoms with Gasteiger partial charge in [-0.3, -0.25) is 4.98 Å². The lowest BCUT2D eigenvalue weighted by Gasteiger charge is -2.14. The molecule has 1 aromatic heterocycles. The van der Waals surface area contributed by atoms with Gasteiger partial charge in [0.2, 0.25) is 0 Å². The van der Waals surface area contributed by atoms with Gasteiger partial charge in [0.25, 0.3) is 0 Å². The number of ether oxygens (including phenoxy) is 1. The Kier molecular flexibility index (Phi) is 4.78. The monoisotopic (exact) mass is 335 g/mol. The Hall–Kier alpha value is -1.39. The quantitative estimate of drug-likeness (QED) is 0.871. The van der Waals surface area contributed by atoms with E-state index in [1.807, 2.05) is 18.2 Å². The number of nitrogens with zero attached hydrogens (tertiary/aromatic N) is 1. The average Bonchev–Trinajstić information content (AvgIpc) is 2.41. The summed E-state index contributed by atoms with van der Waals surface area (Å²) in [5.74, 6) is 1.86. The van der Waals surface area contributed by atoms with Crippen LogP contribution in [0.4, 0.5) is 0 Å². The highest BCUT2D eigenvalue weighted by molar-refractivity contribution is 9.10. The van der Waals surface area contributed by atoms with Gasteiger partial charge in [0.1, 0.15) is 11.5 Å². The Labute approximate surface area is 127 Å². The molecule has 0 saturated carbocycles. The predicted octanol–water partition coefficient (Wildman–Crippen LogP) is 4.81. The van der Waals surface area contributed by atoms with Gasteiger partial charge < -0.3 is 9.84 Å². The van der Waals surface area contributed by atoms with E-state index in [-0.39, 0.29) is 0 Å². The third kappa shape index (κ3) is 3.58. The van der Waals surface area contributed by atoms with Crippen molar-refractivity contribution < 1.29 is 9.84 Å². The number of pyridine rings is 1. The zero-order valence-electron chi connectivity index (χ0n) is 11.8. The maximum atomic E-state index is 9.44. The van der Waals surface area contributed by atoms with E-state index in [0.29, 0.717) is 17.4 Å². The number of hydrogen-bond donors (Lipinski definition) is 1. The largest absolute Gasteiger partial charge is 0.455 e. The second-order valence-corrected chi connectivity index (χ2v) is 5.95. The van der Waals surface area contributed by atoms with Gasteiger partial charge in [0.15, 0.2) is 0 Å². The van der Waals surface area contributed by atoms with E-state index < -0.39 is 6.10 Å². The molecule has 1 atom stereocenters. The first-order valence-corrected chi connectivity index (χ1v) is 7.38. The predicted molar refractivity (Wildman–Crippen MR) is 83.2 cm³/mol. The summed E-state index contributed by atoms with van der Waals surface area (Å²) < 4.78 is 6.93. The van der Waals surface area contributed by atoms with Gasteiger partial charge in [0.05, 0.1) is 18.0 Å². The standard InChI is InChI=1S/C16H18BrNO2/c1-10(2)14-8-12(17)4-7-16(14)20-13-5-6-15(11(3)19)18-9-13/h4-11,19H,1-3H3.